The van der Waals surface area contributed by atoms with E-state index in [1.807, 2.05) is 7.05 Å². The summed E-state index contributed by atoms with van der Waals surface area (Å²) >= 11 is 0. The molecule has 4 rings (SSSR count). The molecule has 4 heteroatoms. The molecule has 0 saturated carbocycles. The van der Waals surface area contributed by atoms with Crippen molar-refractivity contribution < 1.29 is 4.74 Å². The molecule has 2 aromatic rings. The summed E-state index contributed by atoms with van der Waals surface area (Å²) in [5, 5.41) is 3.74. The van der Waals surface area contributed by atoms with Gasteiger partial charge in [0.1, 0.15) is 0 Å². The van der Waals surface area contributed by atoms with Crippen molar-refractivity contribution in [1.29, 1.82) is 0 Å². The third-order valence-corrected chi connectivity index (χ3v) is 6.72. The number of benzene rings is 2. The second-order valence-corrected chi connectivity index (χ2v) is 8.45. The number of aryl methyl sites for hydroxylation is 1. The maximum absolute atomic E-state index is 5.71. The van der Waals surface area contributed by atoms with Crippen LogP contribution in [0.25, 0.3) is 0 Å². The number of nitrogens with zero attached hydrogens (tertiary/aromatic N) is 2. The van der Waals surface area contributed by atoms with Gasteiger partial charge in [-0.2, -0.15) is 0 Å². The standard InChI is InChI=1S/C25H33N3O/c1-20-8-6-7-11-23(20)25(13-16-29-17-14-25)19-27-24(26-2)28-15-12-22(18-28)21-9-4-3-5-10-21/h3-11,22H,12-19H2,1-2H3,(H,26,27). The maximum Gasteiger partial charge on any atom is 0.193 e. The predicted molar refractivity (Wildman–Crippen MR) is 120 cm³/mol. The fourth-order valence-corrected chi connectivity index (χ4v) is 5.00. The number of guanidine groups is 1. The van der Waals surface area contributed by atoms with Gasteiger partial charge in [0, 0.05) is 51.2 Å². The van der Waals surface area contributed by atoms with Crippen molar-refractivity contribution >= 4 is 5.96 Å². The average Bonchev–Trinajstić information content (AvgIpc) is 3.26. The van der Waals surface area contributed by atoms with Crippen molar-refractivity contribution in [2.24, 2.45) is 4.99 Å². The van der Waals surface area contributed by atoms with Gasteiger partial charge in [-0.05, 0) is 42.9 Å². The van der Waals surface area contributed by atoms with Crippen molar-refractivity contribution in [3.8, 4) is 0 Å². The Morgan fingerprint density at radius 2 is 1.83 bits per heavy atom. The first-order valence-corrected chi connectivity index (χ1v) is 10.9. The third-order valence-electron chi connectivity index (χ3n) is 6.72. The summed E-state index contributed by atoms with van der Waals surface area (Å²) in [5.74, 6) is 1.62. The van der Waals surface area contributed by atoms with E-state index in [9.17, 15) is 0 Å². The molecule has 2 saturated heterocycles. The minimum Gasteiger partial charge on any atom is -0.381 e. The molecular weight excluding hydrogens is 358 g/mol. The number of hydrogen-bond acceptors (Lipinski definition) is 2. The van der Waals surface area contributed by atoms with Gasteiger partial charge in [-0.1, -0.05) is 54.6 Å². The fraction of sp³-hybridized carbons (Fsp3) is 0.480. The lowest BCUT2D eigenvalue weighted by Gasteiger charge is -2.39. The topological polar surface area (TPSA) is 36.9 Å². The molecule has 154 valence electrons. The molecule has 0 aliphatic carbocycles. The summed E-state index contributed by atoms with van der Waals surface area (Å²) in [6.07, 6.45) is 3.28. The first-order valence-electron chi connectivity index (χ1n) is 10.9. The molecule has 0 spiro atoms. The molecule has 2 fully saturated rings. The van der Waals surface area contributed by atoms with E-state index in [2.05, 4.69) is 76.7 Å². The smallest absolute Gasteiger partial charge is 0.193 e. The summed E-state index contributed by atoms with van der Waals surface area (Å²) in [5.41, 5.74) is 4.37. The Morgan fingerprint density at radius 3 is 2.55 bits per heavy atom. The number of rotatable bonds is 4. The molecule has 29 heavy (non-hydrogen) atoms. The monoisotopic (exact) mass is 391 g/mol. The SMILES string of the molecule is CN=C(NCC1(c2ccccc2C)CCOCC1)N1CCC(c2ccccc2)C1. The zero-order chi connectivity index (χ0) is 20.1. The number of nitrogens with one attached hydrogen (secondary N) is 1. The van der Waals surface area contributed by atoms with Crippen LogP contribution in [0.5, 0.6) is 0 Å². The van der Waals surface area contributed by atoms with Crippen LogP contribution in [0.15, 0.2) is 59.6 Å². The molecule has 1 atom stereocenters. The van der Waals surface area contributed by atoms with Crippen LogP contribution in [0, 0.1) is 6.92 Å². The highest BCUT2D eigenvalue weighted by molar-refractivity contribution is 5.80. The molecule has 1 N–H and O–H groups in total. The van der Waals surface area contributed by atoms with Crippen LogP contribution in [-0.4, -0.2) is 50.8 Å². The molecule has 1 unspecified atom stereocenters. The van der Waals surface area contributed by atoms with Crippen LogP contribution in [0.4, 0.5) is 0 Å². The molecule has 0 aromatic heterocycles. The van der Waals surface area contributed by atoms with Crippen molar-refractivity contribution in [2.75, 3.05) is 39.9 Å². The second kappa shape index (κ2) is 9.00. The van der Waals surface area contributed by atoms with E-state index in [1.165, 1.54) is 23.1 Å². The number of likely N-dealkylation sites (tertiary alicyclic amines) is 1. The fourth-order valence-electron chi connectivity index (χ4n) is 5.00. The zero-order valence-electron chi connectivity index (χ0n) is 17.7. The van der Waals surface area contributed by atoms with Crippen LogP contribution in [0.1, 0.15) is 41.9 Å². The summed E-state index contributed by atoms with van der Waals surface area (Å²) < 4.78 is 5.71. The van der Waals surface area contributed by atoms with E-state index >= 15 is 0 Å². The van der Waals surface area contributed by atoms with Crippen LogP contribution >= 0.6 is 0 Å². The number of aliphatic imine (C=N–C) groups is 1. The van der Waals surface area contributed by atoms with Crippen molar-refractivity contribution in [3.63, 3.8) is 0 Å². The van der Waals surface area contributed by atoms with Gasteiger partial charge in [0.05, 0.1) is 0 Å². The minimum atomic E-state index is 0.109. The Labute approximate surface area is 175 Å². The Hall–Kier alpha value is -2.33. The normalized spacial score (nSPS) is 21.9. The molecule has 0 radical (unpaired) electrons. The van der Waals surface area contributed by atoms with Gasteiger partial charge in [-0.15, -0.1) is 0 Å². The minimum absolute atomic E-state index is 0.109. The molecule has 2 heterocycles. The molecule has 0 bridgehead atoms. The molecule has 2 aliphatic heterocycles. The van der Waals surface area contributed by atoms with Gasteiger partial charge in [0.25, 0.3) is 0 Å². The number of ether oxygens (including phenoxy) is 1. The van der Waals surface area contributed by atoms with Crippen LogP contribution in [0.3, 0.4) is 0 Å². The van der Waals surface area contributed by atoms with Gasteiger partial charge in [-0.3, -0.25) is 4.99 Å². The first kappa shape index (κ1) is 20.0. The summed E-state index contributed by atoms with van der Waals surface area (Å²) in [7, 11) is 1.91. The van der Waals surface area contributed by atoms with Crippen molar-refractivity contribution in [3.05, 3.63) is 71.3 Å². The highest BCUT2D eigenvalue weighted by Crippen LogP contribution is 2.36. The van der Waals surface area contributed by atoms with E-state index in [4.69, 9.17) is 4.74 Å². The van der Waals surface area contributed by atoms with Crippen molar-refractivity contribution in [1.82, 2.24) is 10.2 Å². The lowest BCUT2D eigenvalue weighted by atomic mass is 9.72. The van der Waals surface area contributed by atoms with E-state index < -0.39 is 0 Å². The molecule has 0 amide bonds. The number of hydrogen-bond donors (Lipinski definition) is 1. The van der Waals surface area contributed by atoms with Gasteiger partial charge < -0.3 is 15.0 Å². The van der Waals surface area contributed by atoms with Gasteiger partial charge in [0.2, 0.25) is 0 Å². The van der Waals surface area contributed by atoms with E-state index in [1.54, 1.807) is 0 Å². The molecule has 2 aliphatic rings. The predicted octanol–water partition coefficient (Wildman–Crippen LogP) is 4.11. The molecular formula is C25H33N3O. The summed E-state index contributed by atoms with van der Waals surface area (Å²) in [4.78, 5) is 7.05. The largest absolute Gasteiger partial charge is 0.381 e. The Balaban J connectivity index is 1.46. The maximum atomic E-state index is 5.71. The molecule has 2 aromatic carbocycles. The third kappa shape index (κ3) is 4.32. The van der Waals surface area contributed by atoms with Gasteiger partial charge in [-0.25, -0.2) is 0 Å². The van der Waals surface area contributed by atoms with Crippen LogP contribution < -0.4 is 5.32 Å². The highest BCUT2D eigenvalue weighted by Gasteiger charge is 2.36. The lowest BCUT2D eigenvalue weighted by molar-refractivity contribution is 0.0510. The van der Waals surface area contributed by atoms with Gasteiger partial charge >= 0.3 is 0 Å². The Bertz CT molecular complexity index is 827. The average molecular weight is 392 g/mol. The van der Waals surface area contributed by atoms with Crippen LogP contribution in [-0.2, 0) is 10.2 Å². The van der Waals surface area contributed by atoms with E-state index in [-0.39, 0.29) is 5.41 Å². The summed E-state index contributed by atoms with van der Waals surface area (Å²) in [6, 6.07) is 19.7. The van der Waals surface area contributed by atoms with Gasteiger partial charge in [0.15, 0.2) is 5.96 Å². The first-order chi connectivity index (χ1) is 14.2. The quantitative estimate of drug-likeness (QED) is 0.630. The Morgan fingerprint density at radius 1 is 1.10 bits per heavy atom. The summed E-state index contributed by atoms with van der Waals surface area (Å²) in [6.45, 7) is 6.87. The molecule has 4 nitrogen and oxygen atoms in total. The zero-order valence-corrected chi connectivity index (χ0v) is 17.7. The second-order valence-electron chi connectivity index (χ2n) is 8.45. The highest BCUT2D eigenvalue weighted by atomic mass is 16.5. The van der Waals surface area contributed by atoms with E-state index in [0.29, 0.717) is 5.92 Å². The lowest BCUT2D eigenvalue weighted by Crippen LogP contribution is -2.49. The van der Waals surface area contributed by atoms with Crippen molar-refractivity contribution in [2.45, 2.75) is 37.5 Å². The van der Waals surface area contributed by atoms with Crippen LogP contribution in [0.2, 0.25) is 0 Å². The Kier molecular flexibility index (Phi) is 6.19. The van der Waals surface area contributed by atoms with E-state index in [0.717, 1.165) is 51.6 Å².